The first-order valence-corrected chi connectivity index (χ1v) is 7.96. The van der Waals surface area contributed by atoms with Gasteiger partial charge in [0.15, 0.2) is 0 Å². The summed E-state index contributed by atoms with van der Waals surface area (Å²) >= 11 is 0. The van der Waals surface area contributed by atoms with Crippen molar-refractivity contribution in [2.45, 2.75) is 58.0 Å². The molecule has 1 aromatic carbocycles. The van der Waals surface area contributed by atoms with E-state index in [0.29, 0.717) is 6.42 Å². The van der Waals surface area contributed by atoms with Crippen LogP contribution < -0.4 is 4.74 Å². The molecule has 1 aliphatic heterocycles. The number of aryl methyl sites for hydroxylation is 1. The summed E-state index contributed by atoms with van der Waals surface area (Å²) < 4.78 is 11.5. The molecule has 22 heavy (non-hydrogen) atoms. The van der Waals surface area contributed by atoms with Crippen LogP contribution in [0.25, 0.3) is 0 Å². The van der Waals surface area contributed by atoms with E-state index in [9.17, 15) is 4.79 Å². The molecule has 0 aromatic heterocycles. The Labute approximate surface area is 132 Å². The van der Waals surface area contributed by atoms with Crippen LogP contribution in [0, 0.1) is 0 Å². The summed E-state index contributed by atoms with van der Waals surface area (Å²) in [6.45, 7) is 7.95. The molecule has 0 radical (unpaired) electrons. The van der Waals surface area contributed by atoms with E-state index in [1.807, 2.05) is 6.07 Å². The van der Waals surface area contributed by atoms with Crippen LogP contribution in [0.15, 0.2) is 18.2 Å². The highest BCUT2D eigenvalue weighted by Crippen LogP contribution is 2.31. The van der Waals surface area contributed by atoms with E-state index >= 15 is 0 Å². The lowest BCUT2D eigenvalue weighted by molar-refractivity contribution is -0.136. The standard InChI is InChI=1S/C18H26O4/c1-18(2,3)14-6-4-13(5-7-17(19)20)16(12-14)22-15-8-10-21-11-9-15/h4,6,12,15H,5,7-11H2,1-3H3,(H,19,20). The average Bonchev–Trinajstić information content (AvgIpc) is 2.46. The zero-order valence-electron chi connectivity index (χ0n) is 13.7. The van der Waals surface area contributed by atoms with Gasteiger partial charge in [-0.05, 0) is 29.0 Å². The summed E-state index contributed by atoms with van der Waals surface area (Å²) in [7, 11) is 0. The summed E-state index contributed by atoms with van der Waals surface area (Å²) in [6, 6.07) is 6.17. The summed E-state index contributed by atoms with van der Waals surface area (Å²) in [5, 5.41) is 8.91. The van der Waals surface area contributed by atoms with Crippen molar-refractivity contribution in [3.05, 3.63) is 29.3 Å². The van der Waals surface area contributed by atoms with E-state index in [0.717, 1.165) is 37.4 Å². The molecule has 4 nitrogen and oxygen atoms in total. The van der Waals surface area contributed by atoms with Gasteiger partial charge in [-0.25, -0.2) is 0 Å². The first-order chi connectivity index (χ1) is 10.4. The van der Waals surface area contributed by atoms with Gasteiger partial charge in [-0.3, -0.25) is 4.79 Å². The predicted molar refractivity (Wildman–Crippen MR) is 85.6 cm³/mol. The van der Waals surface area contributed by atoms with Crippen molar-refractivity contribution >= 4 is 5.97 Å². The molecular weight excluding hydrogens is 280 g/mol. The van der Waals surface area contributed by atoms with Gasteiger partial charge in [0, 0.05) is 19.3 Å². The van der Waals surface area contributed by atoms with Crippen LogP contribution in [0.5, 0.6) is 5.75 Å². The Hall–Kier alpha value is -1.55. The van der Waals surface area contributed by atoms with Crippen LogP contribution in [0.3, 0.4) is 0 Å². The number of carboxylic acid groups (broad SMARTS) is 1. The topological polar surface area (TPSA) is 55.8 Å². The minimum atomic E-state index is -0.781. The van der Waals surface area contributed by atoms with Crippen LogP contribution in [0.1, 0.15) is 51.2 Å². The number of hydrogen-bond donors (Lipinski definition) is 1. The van der Waals surface area contributed by atoms with E-state index in [1.165, 1.54) is 5.56 Å². The van der Waals surface area contributed by atoms with Gasteiger partial charge in [0.2, 0.25) is 0 Å². The van der Waals surface area contributed by atoms with Gasteiger partial charge in [0.1, 0.15) is 11.9 Å². The van der Waals surface area contributed by atoms with Crippen molar-refractivity contribution < 1.29 is 19.4 Å². The third kappa shape index (κ3) is 4.73. The Balaban J connectivity index is 2.21. The molecule has 1 saturated heterocycles. The normalized spacial score (nSPS) is 16.5. The molecule has 122 valence electrons. The van der Waals surface area contributed by atoms with Crippen LogP contribution in [0.4, 0.5) is 0 Å². The van der Waals surface area contributed by atoms with Gasteiger partial charge >= 0.3 is 5.97 Å². The van der Waals surface area contributed by atoms with E-state index in [2.05, 4.69) is 32.9 Å². The minimum Gasteiger partial charge on any atom is -0.490 e. The molecule has 0 aliphatic carbocycles. The fraction of sp³-hybridized carbons (Fsp3) is 0.611. The highest BCUT2D eigenvalue weighted by molar-refractivity contribution is 5.67. The van der Waals surface area contributed by atoms with Gasteiger partial charge in [0.05, 0.1) is 13.2 Å². The highest BCUT2D eigenvalue weighted by Gasteiger charge is 2.20. The zero-order chi connectivity index (χ0) is 16.2. The Morgan fingerprint density at radius 1 is 1.32 bits per heavy atom. The number of hydrogen-bond acceptors (Lipinski definition) is 3. The lowest BCUT2D eigenvalue weighted by Gasteiger charge is -2.26. The SMILES string of the molecule is CC(C)(C)c1ccc(CCC(=O)O)c(OC2CCOCC2)c1. The molecule has 1 heterocycles. The molecule has 0 atom stereocenters. The van der Waals surface area contributed by atoms with E-state index < -0.39 is 5.97 Å². The summed E-state index contributed by atoms with van der Waals surface area (Å²) in [6.07, 6.45) is 2.56. The van der Waals surface area contributed by atoms with Gasteiger partial charge in [0.25, 0.3) is 0 Å². The van der Waals surface area contributed by atoms with E-state index in [4.69, 9.17) is 14.6 Å². The van der Waals surface area contributed by atoms with Crippen LogP contribution in [0.2, 0.25) is 0 Å². The van der Waals surface area contributed by atoms with Crippen LogP contribution in [-0.4, -0.2) is 30.4 Å². The quantitative estimate of drug-likeness (QED) is 0.903. The molecule has 0 bridgehead atoms. The van der Waals surface area contributed by atoms with Crippen molar-refractivity contribution in [3.63, 3.8) is 0 Å². The fourth-order valence-electron chi connectivity index (χ4n) is 2.55. The lowest BCUT2D eigenvalue weighted by Crippen LogP contribution is -2.26. The number of carboxylic acids is 1. The maximum Gasteiger partial charge on any atom is 0.303 e. The zero-order valence-corrected chi connectivity index (χ0v) is 13.7. The number of carbonyl (C=O) groups is 1. The summed E-state index contributed by atoms with van der Waals surface area (Å²) in [5.74, 6) is 0.0532. The third-order valence-electron chi connectivity index (χ3n) is 4.00. The Kier molecular flexibility index (Phi) is 5.46. The van der Waals surface area contributed by atoms with Crippen LogP contribution in [-0.2, 0) is 21.4 Å². The van der Waals surface area contributed by atoms with Crippen molar-refractivity contribution in [1.82, 2.24) is 0 Å². The number of ether oxygens (including phenoxy) is 2. The fourth-order valence-corrected chi connectivity index (χ4v) is 2.55. The largest absolute Gasteiger partial charge is 0.490 e. The molecule has 0 spiro atoms. The molecule has 1 fully saturated rings. The van der Waals surface area contributed by atoms with Crippen molar-refractivity contribution in [1.29, 1.82) is 0 Å². The number of benzene rings is 1. The van der Waals surface area contributed by atoms with Gasteiger partial charge in [-0.15, -0.1) is 0 Å². The molecule has 2 rings (SSSR count). The molecule has 1 N–H and O–H groups in total. The molecule has 0 amide bonds. The molecule has 4 heteroatoms. The Morgan fingerprint density at radius 2 is 2.00 bits per heavy atom. The first kappa shape index (κ1) is 16.8. The first-order valence-electron chi connectivity index (χ1n) is 7.96. The number of aliphatic carboxylic acids is 1. The number of rotatable bonds is 5. The van der Waals surface area contributed by atoms with E-state index in [1.54, 1.807) is 0 Å². The lowest BCUT2D eigenvalue weighted by atomic mass is 9.86. The van der Waals surface area contributed by atoms with Gasteiger partial charge in [-0.2, -0.15) is 0 Å². The molecule has 1 aliphatic rings. The second kappa shape index (κ2) is 7.14. The predicted octanol–water partition coefficient (Wildman–Crippen LogP) is 3.56. The van der Waals surface area contributed by atoms with Gasteiger partial charge < -0.3 is 14.6 Å². The molecular formula is C18H26O4. The monoisotopic (exact) mass is 306 g/mol. The Bertz CT molecular complexity index is 510. The van der Waals surface area contributed by atoms with Crippen molar-refractivity contribution in [3.8, 4) is 5.75 Å². The summed E-state index contributed by atoms with van der Waals surface area (Å²) in [5.41, 5.74) is 2.22. The maximum atomic E-state index is 10.8. The Morgan fingerprint density at radius 3 is 2.59 bits per heavy atom. The van der Waals surface area contributed by atoms with E-state index in [-0.39, 0.29) is 17.9 Å². The maximum absolute atomic E-state index is 10.8. The van der Waals surface area contributed by atoms with Crippen LogP contribution >= 0.6 is 0 Å². The smallest absolute Gasteiger partial charge is 0.303 e. The molecule has 0 unspecified atom stereocenters. The second-order valence-corrected chi connectivity index (χ2v) is 6.90. The third-order valence-corrected chi connectivity index (χ3v) is 4.00. The van der Waals surface area contributed by atoms with Crippen molar-refractivity contribution in [2.24, 2.45) is 0 Å². The molecule has 0 saturated carbocycles. The molecule has 1 aromatic rings. The van der Waals surface area contributed by atoms with Gasteiger partial charge in [-0.1, -0.05) is 32.9 Å². The second-order valence-electron chi connectivity index (χ2n) is 6.90. The minimum absolute atomic E-state index is 0.0408. The highest BCUT2D eigenvalue weighted by atomic mass is 16.5. The average molecular weight is 306 g/mol. The summed E-state index contributed by atoms with van der Waals surface area (Å²) in [4.78, 5) is 10.8. The van der Waals surface area contributed by atoms with Crippen molar-refractivity contribution in [2.75, 3.05) is 13.2 Å².